The molecule has 158 valence electrons. The summed E-state index contributed by atoms with van der Waals surface area (Å²) in [6.07, 6.45) is 4.93. The van der Waals surface area contributed by atoms with Crippen molar-refractivity contribution in [2.75, 3.05) is 5.33 Å². The molecule has 1 spiro atoms. The van der Waals surface area contributed by atoms with Crippen molar-refractivity contribution < 1.29 is 23.8 Å². The number of terminal acetylenes is 1. The van der Waals surface area contributed by atoms with Crippen LogP contribution in [0.1, 0.15) is 47.5 Å². The van der Waals surface area contributed by atoms with Gasteiger partial charge < -0.3 is 19.0 Å². The zero-order valence-corrected chi connectivity index (χ0v) is 20.6. The fourth-order valence-electron chi connectivity index (χ4n) is 4.96. The Balaban J connectivity index is 2.15. The molecule has 2 heterocycles. The minimum atomic E-state index is -2.26. The molecule has 2 aliphatic heterocycles. The Bertz CT molecular complexity index is 709. The summed E-state index contributed by atoms with van der Waals surface area (Å²) in [5, 5.41) is 11.4. The molecule has 3 rings (SSSR count). The highest BCUT2D eigenvalue weighted by molar-refractivity contribution is 9.09. The molecule has 6 atom stereocenters. The van der Waals surface area contributed by atoms with Gasteiger partial charge in [-0.05, 0) is 44.8 Å². The van der Waals surface area contributed by atoms with Gasteiger partial charge in [0.25, 0.3) is 0 Å². The first-order valence-corrected chi connectivity index (χ1v) is 14.0. The van der Waals surface area contributed by atoms with E-state index in [2.05, 4.69) is 55.7 Å². The van der Waals surface area contributed by atoms with Crippen LogP contribution in [0.3, 0.4) is 0 Å². The highest BCUT2D eigenvalue weighted by atomic mass is 79.9. The van der Waals surface area contributed by atoms with Gasteiger partial charge in [-0.3, -0.25) is 4.79 Å². The lowest BCUT2D eigenvalue weighted by Gasteiger charge is -2.49. The monoisotopic (exact) mass is 472 g/mol. The molecule has 0 aromatic rings. The number of carbonyl (C=O) groups excluding carboxylic acids is 1. The molecule has 2 bridgehead atoms. The maximum Gasteiger partial charge on any atom is 0.319 e. The maximum absolute atomic E-state index is 13.4. The third-order valence-electron chi connectivity index (χ3n) is 7.61. The molecule has 5 nitrogen and oxygen atoms in total. The van der Waals surface area contributed by atoms with E-state index in [1.54, 1.807) is 0 Å². The van der Waals surface area contributed by atoms with Crippen LogP contribution in [0.2, 0.25) is 18.1 Å². The summed E-state index contributed by atoms with van der Waals surface area (Å²) >= 11 is 3.48. The third kappa shape index (κ3) is 2.86. The van der Waals surface area contributed by atoms with Crippen molar-refractivity contribution in [2.24, 2.45) is 11.3 Å². The quantitative estimate of drug-likeness (QED) is 0.294. The molecule has 7 heteroatoms. The number of halogens is 1. The largest absolute Gasteiger partial charge is 0.458 e. The average molecular weight is 473 g/mol. The molecule has 28 heavy (non-hydrogen) atoms. The van der Waals surface area contributed by atoms with Gasteiger partial charge >= 0.3 is 5.97 Å². The molecule has 1 aliphatic carbocycles. The Morgan fingerprint density at radius 3 is 2.46 bits per heavy atom. The van der Waals surface area contributed by atoms with Crippen LogP contribution in [0.25, 0.3) is 0 Å². The average Bonchev–Trinajstić information content (AvgIpc) is 2.97. The SMILES string of the molecule is C#C[C@]12C[C@H]([C@@H](O)C[C@]13C(=O)O[C@H](CBr)[C@H]3O[Si](C)(C)C(C)(C)C)C(C)(C)O2. The zero-order chi connectivity index (χ0) is 21.3. The van der Waals surface area contributed by atoms with E-state index in [4.69, 9.17) is 20.3 Å². The van der Waals surface area contributed by atoms with Crippen molar-refractivity contribution in [1.82, 2.24) is 0 Å². The van der Waals surface area contributed by atoms with Crippen LogP contribution in [0.5, 0.6) is 0 Å². The highest BCUT2D eigenvalue weighted by Gasteiger charge is 2.77. The van der Waals surface area contributed by atoms with Crippen LogP contribution < -0.4 is 0 Å². The van der Waals surface area contributed by atoms with E-state index in [9.17, 15) is 9.90 Å². The topological polar surface area (TPSA) is 65.0 Å². The molecule has 1 N–H and O–H groups in total. The van der Waals surface area contributed by atoms with Crippen LogP contribution in [-0.2, 0) is 18.7 Å². The minimum absolute atomic E-state index is 0.0500. The van der Waals surface area contributed by atoms with Gasteiger partial charge in [0.1, 0.15) is 23.2 Å². The molecular formula is C21H33BrO5Si. The highest BCUT2D eigenvalue weighted by Crippen LogP contribution is 2.64. The smallest absolute Gasteiger partial charge is 0.319 e. The van der Waals surface area contributed by atoms with Crippen molar-refractivity contribution >= 4 is 30.2 Å². The van der Waals surface area contributed by atoms with Crippen LogP contribution >= 0.6 is 15.9 Å². The Kier molecular flexibility index (Phi) is 5.22. The van der Waals surface area contributed by atoms with E-state index in [0.717, 1.165) is 0 Å². The lowest BCUT2D eigenvalue weighted by Crippen LogP contribution is -2.63. The molecule has 0 aromatic heterocycles. The summed E-state index contributed by atoms with van der Waals surface area (Å²) in [7, 11) is -2.26. The first-order chi connectivity index (χ1) is 12.7. The van der Waals surface area contributed by atoms with Gasteiger partial charge in [-0.25, -0.2) is 0 Å². The summed E-state index contributed by atoms with van der Waals surface area (Å²) in [6, 6.07) is 0. The number of rotatable bonds is 3. The van der Waals surface area contributed by atoms with E-state index < -0.39 is 49.2 Å². The van der Waals surface area contributed by atoms with Gasteiger partial charge in [0.05, 0.1) is 11.7 Å². The molecule has 1 saturated carbocycles. The van der Waals surface area contributed by atoms with Crippen molar-refractivity contribution in [3.63, 3.8) is 0 Å². The van der Waals surface area contributed by atoms with E-state index in [-0.39, 0.29) is 17.4 Å². The van der Waals surface area contributed by atoms with Gasteiger partial charge in [0.15, 0.2) is 8.32 Å². The molecule has 0 amide bonds. The first-order valence-electron chi connectivity index (χ1n) is 9.98. The third-order valence-corrected chi connectivity index (χ3v) is 12.7. The lowest BCUT2D eigenvalue weighted by atomic mass is 9.57. The number of cyclic esters (lactones) is 1. The Morgan fingerprint density at radius 1 is 1.36 bits per heavy atom. The number of esters is 1. The van der Waals surface area contributed by atoms with Crippen LogP contribution in [0.15, 0.2) is 0 Å². The van der Waals surface area contributed by atoms with Crippen molar-refractivity contribution in [2.45, 2.75) is 95.1 Å². The number of ether oxygens (including phenoxy) is 2. The van der Waals surface area contributed by atoms with Crippen molar-refractivity contribution in [1.29, 1.82) is 0 Å². The molecule has 0 unspecified atom stereocenters. The van der Waals surface area contributed by atoms with Gasteiger partial charge in [0.2, 0.25) is 0 Å². The number of hydrogen-bond acceptors (Lipinski definition) is 5. The number of aliphatic hydroxyl groups excluding tert-OH is 1. The number of carbonyl (C=O) groups is 1. The fraction of sp³-hybridized carbons (Fsp3) is 0.857. The van der Waals surface area contributed by atoms with Crippen LogP contribution in [0.4, 0.5) is 0 Å². The van der Waals surface area contributed by atoms with Gasteiger partial charge in [-0.2, -0.15) is 0 Å². The van der Waals surface area contributed by atoms with Gasteiger partial charge in [-0.1, -0.05) is 42.6 Å². The van der Waals surface area contributed by atoms with Gasteiger partial charge in [0, 0.05) is 11.2 Å². The second-order valence-electron chi connectivity index (χ2n) is 10.6. The minimum Gasteiger partial charge on any atom is -0.458 e. The number of hydrogen-bond donors (Lipinski definition) is 1. The Labute approximate surface area is 178 Å². The summed E-state index contributed by atoms with van der Waals surface area (Å²) in [4.78, 5) is 13.4. The predicted octanol–water partition coefficient (Wildman–Crippen LogP) is 3.64. The molecule has 2 saturated heterocycles. The Morgan fingerprint density at radius 2 is 1.96 bits per heavy atom. The predicted molar refractivity (Wildman–Crippen MR) is 114 cm³/mol. The van der Waals surface area contributed by atoms with E-state index in [1.165, 1.54) is 0 Å². The second-order valence-corrected chi connectivity index (χ2v) is 16.0. The number of aliphatic hydroxyl groups is 1. The summed E-state index contributed by atoms with van der Waals surface area (Å²) in [5.74, 6) is 2.30. The fourth-order valence-corrected chi connectivity index (χ4v) is 6.78. The molecule has 3 aliphatic rings. The van der Waals surface area contributed by atoms with E-state index in [0.29, 0.717) is 11.8 Å². The summed E-state index contributed by atoms with van der Waals surface area (Å²) in [6.45, 7) is 14.6. The molecule has 0 radical (unpaired) electrons. The zero-order valence-electron chi connectivity index (χ0n) is 18.0. The maximum atomic E-state index is 13.4. The standard InChI is InChI=1S/C21H33BrO5Si/c1-9-20-10-13(19(5,6)27-20)14(23)11-21(20)16(15(12-22)25-17(21)24)26-28(7,8)18(2,3)4/h1,13-16,23H,10-12H2,2-8H3/t13-,14+,15-,16-,20+,21+/m1/s1. The summed E-state index contributed by atoms with van der Waals surface area (Å²) < 4.78 is 19.0. The van der Waals surface area contributed by atoms with E-state index >= 15 is 0 Å². The lowest BCUT2D eigenvalue weighted by molar-refractivity contribution is -0.174. The normalized spacial score (nSPS) is 42.5. The van der Waals surface area contributed by atoms with Crippen molar-refractivity contribution in [3.8, 4) is 12.3 Å². The van der Waals surface area contributed by atoms with Crippen molar-refractivity contribution in [3.05, 3.63) is 0 Å². The number of alkyl halides is 1. The number of fused-ring (bicyclic) bond motifs is 3. The van der Waals surface area contributed by atoms with Crippen LogP contribution in [0, 0.1) is 23.7 Å². The van der Waals surface area contributed by atoms with E-state index in [1.807, 2.05) is 13.8 Å². The molecule has 0 aromatic carbocycles. The van der Waals surface area contributed by atoms with Crippen LogP contribution in [-0.4, -0.2) is 54.2 Å². The van der Waals surface area contributed by atoms with Gasteiger partial charge in [-0.15, -0.1) is 6.42 Å². The Hall–Kier alpha value is -0.393. The molecule has 3 fully saturated rings. The summed E-state index contributed by atoms with van der Waals surface area (Å²) in [5.41, 5.74) is -2.97. The second kappa shape index (κ2) is 6.55. The first kappa shape index (κ1) is 22.3. The molecular weight excluding hydrogens is 440 g/mol.